The number of hydrogen-bond donors (Lipinski definition) is 0. The zero-order valence-electron chi connectivity index (χ0n) is 19.6. The predicted octanol–water partition coefficient (Wildman–Crippen LogP) is 3.43. The molecule has 6 nitrogen and oxygen atoms in total. The number of likely N-dealkylation sites (tertiary alicyclic amines) is 1. The number of aryl methyl sites for hydroxylation is 3. The molecule has 172 valence electrons. The van der Waals surface area contributed by atoms with Crippen LogP contribution in [0.25, 0.3) is 11.1 Å². The molecular weight excluding hydrogens is 428 g/mol. The summed E-state index contributed by atoms with van der Waals surface area (Å²) in [5.41, 5.74) is 6.08. The molecule has 0 N–H and O–H groups in total. The summed E-state index contributed by atoms with van der Waals surface area (Å²) in [5, 5.41) is 0. The van der Waals surface area contributed by atoms with Crippen LogP contribution in [0.15, 0.2) is 48.6 Å². The zero-order valence-corrected chi connectivity index (χ0v) is 19.6. The highest BCUT2D eigenvalue weighted by Crippen LogP contribution is 2.58. The van der Waals surface area contributed by atoms with Crippen LogP contribution in [0.5, 0.6) is 0 Å². The maximum Gasteiger partial charge on any atom is 0.238 e. The molecule has 7 rings (SSSR count). The number of carbonyl (C=O) groups excluding carboxylic acids is 4. The lowest BCUT2D eigenvalue weighted by Crippen LogP contribution is -2.50. The molecule has 2 heterocycles. The zero-order chi connectivity index (χ0) is 24.0. The standard InChI is InChI=1S/C28H26N2O4/c1-13-5-7-17(14(2)11-13)18-8-6-16(12-15(18)3)30-27(33)23-19-9-10-20(24(23)28(30)34)22-21(19)25(31)29(4)26(22)32/h5-12,19-24H,1-4H3. The van der Waals surface area contributed by atoms with Gasteiger partial charge in [-0.1, -0.05) is 42.0 Å². The third-order valence-corrected chi connectivity index (χ3v) is 8.37. The molecule has 34 heavy (non-hydrogen) atoms. The molecule has 5 aliphatic rings. The van der Waals surface area contributed by atoms with E-state index in [9.17, 15) is 19.2 Å². The van der Waals surface area contributed by atoms with E-state index >= 15 is 0 Å². The number of imide groups is 2. The Kier molecular flexibility index (Phi) is 4.32. The van der Waals surface area contributed by atoms with Crippen LogP contribution in [0, 0.1) is 56.3 Å². The Hall–Kier alpha value is -3.54. The van der Waals surface area contributed by atoms with Crippen LogP contribution < -0.4 is 4.90 Å². The third kappa shape index (κ3) is 2.57. The summed E-state index contributed by atoms with van der Waals surface area (Å²) in [6.45, 7) is 6.12. The molecule has 2 saturated heterocycles. The van der Waals surface area contributed by atoms with E-state index in [0.717, 1.165) is 16.7 Å². The Morgan fingerprint density at radius 1 is 0.618 bits per heavy atom. The van der Waals surface area contributed by atoms with Gasteiger partial charge in [0, 0.05) is 18.9 Å². The number of rotatable bonds is 2. The molecule has 2 bridgehead atoms. The third-order valence-electron chi connectivity index (χ3n) is 8.37. The lowest BCUT2D eigenvalue weighted by atomic mass is 9.54. The first-order chi connectivity index (χ1) is 16.2. The maximum atomic E-state index is 13.6. The molecule has 3 fully saturated rings. The van der Waals surface area contributed by atoms with Crippen LogP contribution in [-0.2, 0) is 19.2 Å². The maximum absolute atomic E-state index is 13.6. The molecule has 2 aromatic rings. The van der Waals surface area contributed by atoms with Gasteiger partial charge in [-0.25, -0.2) is 0 Å². The largest absolute Gasteiger partial charge is 0.285 e. The molecule has 0 radical (unpaired) electrons. The molecule has 1 saturated carbocycles. The van der Waals surface area contributed by atoms with Crippen LogP contribution in [0.3, 0.4) is 0 Å². The van der Waals surface area contributed by atoms with E-state index in [1.807, 2.05) is 37.3 Å². The van der Waals surface area contributed by atoms with E-state index in [-0.39, 0.29) is 23.6 Å². The van der Waals surface area contributed by atoms with Gasteiger partial charge in [0.15, 0.2) is 0 Å². The normalized spacial score (nSPS) is 31.5. The number of amides is 4. The number of carbonyl (C=O) groups is 4. The molecule has 4 amide bonds. The number of hydrogen-bond acceptors (Lipinski definition) is 4. The fourth-order valence-electron chi connectivity index (χ4n) is 6.83. The van der Waals surface area contributed by atoms with Crippen molar-refractivity contribution in [2.24, 2.45) is 35.5 Å². The highest BCUT2D eigenvalue weighted by molar-refractivity contribution is 6.23. The van der Waals surface area contributed by atoms with E-state index < -0.39 is 35.5 Å². The topological polar surface area (TPSA) is 74.8 Å². The van der Waals surface area contributed by atoms with Crippen molar-refractivity contribution in [3.8, 4) is 11.1 Å². The predicted molar refractivity (Wildman–Crippen MR) is 126 cm³/mol. The highest BCUT2D eigenvalue weighted by atomic mass is 16.2. The van der Waals surface area contributed by atoms with Crippen molar-refractivity contribution in [3.05, 3.63) is 65.2 Å². The second kappa shape index (κ2) is 6.98. The smallest absolute Gasteiger partial charge is 0.238 e. The van der Waals surface area contributed by atoms with Crippen LogP contribution >= 0.6 is 0 Å². The van der Waals surface area contributed by atoms with Gasteiger partial charge in [0.05, 0.1) is 29.4 Å². The van der Waals surface area contributed by atoms with Gasteiger partial charge in [-0.3, -0.25) is 29.0 Å². The second-order valence-electron chi connectivity index (χ2n) is 10.2. The van der Waals surface area contributed by atoms with Gasteiger partial charge < -0.3 is 0 Å². The summed E-state index contributed by atoms with van der Waals surface area (Å²) in [6.07, 6.45) is 3.78. The van der Waals surface area contributed by atoms with Crippen LogP contribution in [0.1, 0.15) is 16.7 Å². The number of benzene rings is 2. The van der Waals surface area contributed by atoms with Crippen molar-refractivity contribution in [1.29, 1.82) is 0 Å². The van der Waals surface area contributed by atoms with Crippen LogP contribution in [0.4, 0.5) is 5.69 Å². The molecule has 3 aliphatic carbocycles. The van der Waals surface area contributed by atoms with Gasteiger partial charge in [-0.05, 0) is 55.2 Å². The summed E-state index contributed by atoms with van der Waals surface area (Å²) < 4.78 is 0. The number of nitrogens with zero attached hydrogens (tertiary/aromatic N) is 2. The first kappa shape index (κ1) is 21.0. The molecule has 2 aromatic carbocycles. The van der Waals surface area contributed by atoms with E-state index in [1.165, 1.54) is 28.0 Å². The minimum absolute atomic E-state index is 0.236. The van der Waals surface area contributed by atoms with Crippen molar-refractivity contribution in [3.63, 3.8) is 0 Å². The van der Waals surface area contributed by atoms with E-state index in [4.69, 9.17) is 0 Å². The van der Waals surface area contributed by atoms with Crippen molar-refractivity contribution < 1.29 is 19.2 Å². The summed E-state index contributed by atoms with van der Waals surface area (Å²) in [6, 6.07) is 12.0. The molecule has 0 aromatic heterocycles. The second-order valence-corrected chi connectivity index (χ2v) is 10.2. The first-order valence-electron chi connectivity index (χ1n) is 11.8. The Morgan fingerprint density at radius 3 is 1.59 bits per heavy atom. The fourth-order valence-corrected chi connectivity index (χ4v) is 6.83. The number of allylic oxidation sites excluding steroid dienone is 2. The van der Waals surface area contributed by atoms with Gasteiger partial charge in [0.1, 0.15) is 0 Å². The average molecular weight is 455 g/mol. The average Bonchev–Trinajstić information content (AvgIpc) is 3.22. The Morgan fingerprint density at radius 2 is 1.09 bits per heavy atom. The Balaban J connectivity index is 1.37. The summed E-state index contributed by atoms with van der Waals surface area (Å²) in [7, 11) is 1.49. The van der Waals surface area contributed by atoms with E-state index in [2.05, 4.69) is 32.0 Å². The van der Waals surface area contributed by atoms with Crippen LogP contribution in [-0.4, -0.2) is 35.6 Å². The molecule has 6 atom stereocenters. The molecule has 2 aliphatic heterocycles. The Labute approximate surface area is 198 Å². The van der Waals surface area contributed by atoms with Crippen LogP contribution in [0.2, 0.25) is 0 Å². The monoisotopic (exact) mass is 454 g/mol. The number of anilines is 1. The molecule has 0 spiro atoms. The minimum Gasteiger partial charge on any atom is -0.285 e. The van der Waals surface area contributed by atoms with Gasteiger partial charge in [-0.15, -0.1) is 0 Å². The van der Waals surface area contributed by atoms with E-state index in [1.54, 1.807) is 0 Å². The SMILES string of the molecule is Cc1ccc(-c2ccc(N3C(=O)C4C5C=CC(C6C(=O)N(C)C(=O)C56)C4C3=O)cc2C)c(C)c1. The molecular formula is C28H26N2O4. The van der Waals surface area contributed by atoms with Crippen molar-refractivity contribution in [1.82, 2.24) is 4.90 Å². The van der Waals surface area contributed by atoms with Gasteiger partial charge in [0.2, 0.25) is 23.6 Å². The molecule has 6 heteroatoms. The summed E-state index contributed by atoms with van der Waals surface area (Å²) >= 11 is 0. The lowest BCUT2D eigenvalue weighted by molar-refractivity contribution is -0.138. The quantitative estimate of drug-likeness (QED) is 0.515. The fraction of sp³-hybridized carbons (Fsp3) is 0.357. The summed E-state index contributed by atoms with van der Waals surface area (Å²) in [4.78, 5) is 55.3. The van der Waals surface area contributed by atoms with E-state index in [0.29, 0.717) is 5.69 Å². The van der Waals surface area contributed by atoms with Gasteiger partial charge in [-0.2, -0.15) is 0 Å². The summed E-state index contributed by atoms with van der Waals surface area (Å²) in [5.74, 6) is -4.10. The van der Waals surface area contributed by atoms with Crippen molar-refractivity contribution >= 4 is 29.3 Å². The Bertz CT molecular complexity index is 1290. The first-order valence-corrected chi connectivity index (χ1v) is 11.8. The van der Waals surface area contributed by atoms with Crippen molar-refractivity contribution in [2.45, 2.75) is 20.8 Å². The van der Waals surface area contributed by atoms with Gasteiger partial charge in [0.25, 0.3) is 0 Å². The lowest BCUT2D eigenvalue weighted by Gasteiger charge is -2.44. The van der Waals surface area contributed by atoms with Crippen molar-refractivity contribution in [2.75, 3.05) is 11.9 Å². The minimum atomic E-state index is -0.591. The molecule has 6 unspecified atom stereocenters. The highest BCUT2D eigenvalue weighted by Gasteiger charge is 2.68. The van der Waals surface area contributed by atoms with Gasteiger partial charge >= 0.3 is 0 Å².